The molecule has 0 amide bonds. The fraction of sp³-hybridized carbons (Fsp3) is 0.143. The highest BCUT2D eigenvalue weighted by Crippen LogP contribution is 2.26. The molecular formula is C7H5F3O3S. The average Bonchev–Trinajstić information content (AvgIpc) is 2.01. The topological polar surface area (TPSA) is 43.4 Å². The second-order valence-corrected chi connectivity index (χ2v) is 3.27. The third-order valence-electron chi connectivity index (χ3n) is 1.29. The quantitative estimate of drug-likeness (QED) is 0.778. The molecule has 1 aromatic rings. The lowest BCUT2D eigenvalue weighted by molar-refractivity contribution is -0.275. The van der Waals surface area contributed by atoms with Crippen molar-refractivity contribution >= 4 is 10.7 Å². The molecule has 0 bridgehead atoms. The van der Waals surface area contributed by atoms with Crippen LogP contribution in [0.1, 0.15) is 0 Å². The van der Waals surface area contributed by atoms with E-state index in [4.69, 9.17) is 0 Å². The van der Waals surface area contributed by atoms with E-state index in [1.54, 1.807) is 0 Å². The average molecular weight is 226 g/mol. The van der Waals surface area contributed by atoms with E-state index in [9.17, 15) is 21.6 Å². The van der Waals surface area contributed by atoms with E-state index in [1.165, 1.54) is 12.1 Å². The van der Waals surface area contributed by atoms with Crippen LogP contribution in [-0.2, 0) is 10.7 Å². The molecule has 1 rings (SSSR count). The Bertz CT molecular complexity index is 389. The molecule has 0 aliphatic heterocycles. The highest BCUT2D eigenvalue weighted by molar-refractivity contribution is 7.72. The normalized spacial score (nSPS) is 11.7. The van der Waals surface area contributed by atoms with Crippen molar-refractivity contribution in [3.05, 3.63) is 24.3 Å². The van der Waals surface area contributed by atoms with Gasteiger partial charge in [-0.15, -0.1) is 13.2 Å². The van der Waals surface area contributed by atoms with Crippen LogP contribution in [0.3, 0.4) is 0 Å². The second-order valence-electron chi connectivity index (χ2n) is 2.27. The Morgan fingerprint density at radius 3 is 2.21 bits per heavy atom. The van der Waals surface area contributed by atoms with E-state index in [0.29, 0.717) is 0 Å². The molecule has 3 nitrogen and oxygen atoms in total. The Hall–Kier alpha value is -1.24. The summed E-state index contributed by atoms with van der Waals surface area (Å²) in [5.74, 6) is -0.712. The maximum Gasteiger partial charge on any atom is 0.573 e. The zero-order chi connectivity index (χ0) is 10.8. The van der Waals surface area contributed by atoms with Gasteiger partial charge in [-0.1, -0.05) is 12.1 Å². The summed E-state index contributed by atoms with van der Waals surface area (Å²) in [5, 5.41) is 0. The Morgan fingerprint density at radius 2 is 1.71 bits per heavy atom. The lowest BCUT2D eigenvalue weighted by Gasteiger charge is -2.09. The van der Waals surface area contributed by atoms with Gasteiger partial charge >= 0.3 is 6.36 Å². The number of alkyl halides is 3. The van der Waals surface area contributed by atoms with E-state index in [-0.39, 0.29) is 0 Å². The van der Waals surface area contributed by atoms with Crippen LogP contribution in [0.5, 0.6) is 5.75 Å². The van der Waals surface area contributed by atoms with Crippen LogP contribution < -0.4 is 4.74 Å². The summed E-state index contributed by atoms with van der Waals surface area (Å²) in [6.07, 6.45) is -4.89. The van der Waals surface area contributed by atoms with Crippen LogP contribution in [0.25, 0.3) is 0 Å². The van der Waals surface area contributed by atoms with Gasteiger partial charge in [0.05, 0.1) is 0 Å². The number of para-hydroxylation sites is 1. The molecular weight excluding hydrogens is 221 g/mol. The van der Waals surface area contributed by atoms with Gasteiger partial charge in [0.2, 0.25) is 0 Å². The number of rotatable bonds is 2. The Balaban J connectivity index is 3.08. The number of ether oxygens (including phenoxy) is 1. The molecule has 0 N–H and O–H groups in total. The van der Waals surface area contributed by atoms with Crippen LogP contribution in [-0.4, -0.2) is 14.8 Å². The lowest BCUT2D eigenvalue weighted by atomic mass is 10.3. The van der Waals surface area contributed by atoms with E-state index >= 15 is 0 Å². The molecule has 7 heteroatoms. The number of hydrogen-bond donors (Lipinski definition) is 1. The van der Waals surface area contributed by atoms with E-state index in [1.807, 2.05) is 0 Å². The standard InChI is InChI=1S/C7H5F3O3S/c8-7(9,10)13-5-3-1-2-4-6(5)14(11)12/h1-4,14H. The first-order valence-electron chi connectivity index (χ1n) is 3.39. The fourth-order valence-electron chi connectivity index (χ4n) is 0.819. The third kappa shape index (κ3) is 2.91. The van der Waals surface area contributed by atoms with E-state index in [2.05, 4.69) is 4.74 Å². The summed E-state index contributed by atoms with van der Waals surface area (Å²) in [7, 11) is -3.09. The molecule has 0 saturated carbocycles. The molecule has 0 aliphatic rings. The highest BCUT2D eigenvalue weighted by atomic mass is 32.2. The van der Waals surface area contributed by atoms with Gasteiger partial charge in [-0.3, -0.25) is 0 Å². The SMILES string of the molecule is O=[SH](=O)c1ccccc1OC(F)(F)F. The molecule has 0 fully saturated rings. The minimum atomic E-state index is -4.89. The summed E-state index contributed by atoms with van der Waals surface area (Å²) < 4.78 is 59.8. The first kappa shape index (κ1) is 10.8. The van der Waals surface area contributed by atoms with Crippen molar-refractivity contribution in [3.63, 3.8) is 0 Å². The molecule has 78 valence electrons. The van der Waals surface area contributed by atoms with Crippen LogP contribution in [0.4, 0.5) is 13.2 Å². The molecule has 1 aromatic carbocycles. The van der Waals surface area contributed by atoms with Crippen LogP contribution in [0, 0.1) is 0 Å². The summed E-state index contributed by atoms with van der Waals surface area (Å²) in [4.78, 5) is -0.486. The van der Waals surface area contributed by atoms with Crippen LogP contribution in [0.2, 0.25) is 0 Å². The van der Waals surface area contributed by atoms with Gasteiger partial charge in [0.25, 0.3) is 0 Å². The predicted molar refractivity (Wildman–Crippen MR) is 41.7 cm³/mol. The maximum absolute atomic E-state index is 11.8. The Morgan fingerprint density at radius 1 is 1.14 bits per heavy atom. The number of hydrogen-bond acceptors (Lipinski definition) is 3. The van der Waals surface area contributed by atoms with Crippen molar-refractivity contribution in [1.82, 2.24) is 0 Å². The molecule has 0 heterocycles. The first-order chi connectivity index (χ1) is 6.40. The third-order valence-corrected chi connectivity index (χ3v) is 2.05. The Labute approximate surface area is 79.1 Å². The largest absolute Gasteiger partial charge is 0.573 e. The van der Waals surface area contributed by atoms with Crippen molar-refractivity contribution in [1.29, 1.82) is 0 Å². The maximum atomic E-state index is 11.8. The first-order valence-corrected chi connectivity index (χ1v) is 4.57. The summed E-state index contributed by atoms with van der Waals surface area (Å²) in [5.41, 5.74) is 0. The molecule has 0 radical (unpaired) electrons. The van der Waals surface area contributed by atoms with E-state index < -0.39 is 27.7 Å². The van der Waals surface area contributed by atoms with Gasteiger partial charge in [0.1, 0.15) is 10.6 Å². The van der Waals surface area contributed by atoms with Crippen molar-refractivity contribution in [2.75, 3.05) is 0 Å². The molecule has 0 atom stereocenters. The van der Waals surface area contributed by atoms with Gasteiger partial charge < -0.3 is 4.74 Å². The molecule has 0 saturated heterocycles. The number of halogens is 3. The molecule has 0 aromatic heterocycles. The summed E-state index contributed by atoms with van der Waals surface area (Å²) in [6, 6.07) is 4.54. The highest BCUT2D eigenvalue weighted by Gasteiger charge is 2.32. The Kier molecular flexibility index (Phi) is 3.00. The van der Waals surface area contributed by atoms with Gasteiger partial charge in [0.15, 0.2) is 10.7 Å². The van der Waals surface area contributed by atoms with Gasteiger partial charge in [-0.25, -0.2) is 8.42 Å². The molecule has 0 aliphatic carbocycles. The monoisotopic (exact) mass is 226 g/mol. The minimum absolute atomic E-state index is 0.486. The lowest BCUT2D eigenvalue weighted by Crippen LogP contribution is -2.17. The van der Waals surface area contributed by atoms with Gasteiger partial charge in [-0.05, 0) is 12.1 Å². The zero-order valence-electron chi connectivity index (χ0n) is 6.62. The molecule has 0 spiro atoms. The zero-order valence-corrected chi connectivity index (χ0v) is 7.51. The molecule has 0 unspecified atom stereocenters. The summed E-state index contributed by atoms with van der Waals surface area (Å²) in [6.45, 7) is 0. The van der Waals surface area contributed by atoms with Gasteiger partial charge in [0, 0.05) is 0 Å². The fourth-order valence-corrected chi connectivity index (χ4v) is 1.33. The minimum Gasteiger partial charge on any atom is -0.404 e. The van der Waals surface area contributed by atoms with Crippen molar-refractivity contribution in [2.45, 2.75) is 11.3 Å². The second kappa shape index (κ2) is 3.87. The smallest absolute Gasteiger partial charge is 0.404 e. The molecule has 14 heavy (non-hydrogen) atoms. The van der Waals surface area contributed by atoms with E-state index in [0.717, 1.165) is 12.1 Å². The number of thiol groups is 1. The van der Waals surface area contributed by atoms with Crippen molar-refractivity contribution in [3.8, 4) is 5.75 Å². The number of benzene rings is 1. The summed E-state index contributed by atoms with van der Waals surface area (Å²) >= 11 is 0. The van der Waals surface area contributed by atoms with Crippen molar-refractivity contribution < 1.29 is 26.3 Å². The van der Waals surface area contributed by atoms with Gasteiger partial charge in [-0.2, -0.15) is 0 Å². The van der Waals surface area contributed by atoms with Crippen molar-refractivity contribution in [2.24, 2.45) is 0 Å². The van der Waals surface area contributed by atoms with Crippen LogP contribution >= 0.6 is 0 Å². The van der Waals surface area contributed by atoms with Crippen LogP contribution in [0.15, 0.2) is 29.2 Å². The predicted octanol–water partition coefficient (Wildman–Crippen LogP) is 1.56.